The molecule has 0 saturated carbocycles. The minimum atomic E-state index is -0.652. The van der Waals surface area contributed by atoms with Crippen LogP contribution in [0.4, 0.5) is 5.69 Å². The van der Waals surface area contributed by atoms with E-state index in [-0.39, 0.29) is 5.69 Å². The van der Waals surface area contributed by atoms with Crippen LogP contribution in [0.2, 0.25) is 0 Å². The fraction of sp³-hybridized carbons (Fsp3) is 0.375. The SMILES string of the molecule is Cc1[nH]c(C)c([N+](=O)[O-])c(=O)c1C. The standard InChI is InChI=1S/C8H10N2O3/c1-4-5(2)9-6(3)7(8(4)11)10(12)13/h1-3H3,(H,9,11). The zero-order valence-corrected chi connectivity index (χ0v) is 7.67. The topological polar surface area (TPSA) is 76.0 Å². The van der Waals surface area contributed by atoms with Crippen molar-refractivity contribution >= 4 is 5.69 Å². The van der Waals surface area contributed by atoms with Crippen molar-refractivity contribution in [2.45, 2.75) is 20.8 Å². The van der Waals surface area contributed by atoms with E-state index in [2.05, 4.69) is 4.98 Å². The van der Waals surface area contributed by atoms with Gasteiger partial charge in [-0.2, -0.15) is 0 Å². The lowest BCUT2D eigenvalue weighted by molar-refractivity contribution is -0.386. The lowest BCUT2D eigenvalue weighted by Crippen LogP contribution is -2.15. The van der Waals surface area contributed by atoms with Gasteiger partial charge in [0.1, 0.15) is 0 Å². The monoisotopic (exact) mass is 182 g/mol. The molecule has 0 aromatic carbocycles. The van der Waals surface area contributed by atoms with Gasteiger partial charge in [0.25, 0.3) is 5.43 Å². The number of nitro groups is 1. The summed E-state index contributed by atoms with van der Waals surface area (Å²) in [4.78, 5) is 24.0. The van der Waals surface area contributed by atoms with Crippen LogP contribution in [0, 0.1) is 30.9 Å². The molecule has 1 aromatic heterocycles. The maximum Gasteiger partial charge on any atom is 0.335 e. The normalized spacial score (nSPS) is 10.1. The van der Waals surface area contributed by atoms with Crippen LogP contribution >= 0.6 is 0 Å². The number of pyridine rings is 1. The maximum atomic E-state index is 11.4. The van der Waals surface area contributed by atoms with Gasteiger partial charge in [-0.25, -0.2) is 0 Å². The summed E-state index contributed by atoms with van der Waals surface area (Å²) in [5.41, 5.74) is 0.519. The van der Waals surface area contributed by atoms with Gasteiger partial charge in [-0.15, -0.1) is 0 Å². The van der Waals surface area contributed by atoms with Crippen LogP contribution in [0.5, 0.6) is 0 Å². The molecule has 13 heavy (non-hydrogen) atoms. The van der Waals surface area contributed by atoms with E-state index in [1.807, 2.05) is 0 Å². The molecule has 0 fully saturated rings. The van der Waals surface area contributed by atoms with Crippen molar-refractivity contribution in [1.82, 2.24) is 4.98 Å². The fourth-order valence-electron chi connectivity index (χ4n) is 1.17. The number of H-pyrrole nitrogens is 1. The van der Waals surface area contributed by atoms with Gasteiger partial charge in [0.2, 0.25) is 0 Å². The van der Waals surface area contributed by atoms with Crippen LogP contribution in [-0.2, 0) is 0 Å². The third-order valence-electron chi connectivity index (χ3n) is 2.03. The van der Waals surface area contributed by atoms with Gasteiger partial charge in [0, 0.05) is 11.3 Å². The van der Waals surface area contributed by atoms with E-state index < -0.39 is 10.4 Å². The molecule has 0 aliphatic heterocycles. The fourth-order valence-corrected chi connectivity index (χ4v) is 1.17. The summed E-state index contributed by atoms with van der Waals surface area (Å²) in [5.74, 6) is 0. The zero-order valence-electron chi connectivity index (χ0n) is 7.67. The summed E-state index contributed by atoms with van der Waals surface area (Å²) >= 11 is 0. The van der Waals surface area contributed by atoms with Crippen molar-refractivity contribution in [1.29, 1.82) is 0 Å². The highest BCUT2D eigenvalue weighted by Crippen LogP contribution is 2.11. The predicted molar refractivity (Wildman–Crippen MR) is 47.9 cm³/mol. The summed E-state index contributed by atoms with van der Waals surface area (Å²) in [6.45, 7) is 4.81. The summed E-state index contributed by atoms with van der Waals surface area (Å²) in [6.07, 6.45) is 0. The molecule has 0 saturated heterocycles. The molecule has 5 heteroatoms. The Labute approximate surface area is 74.6 Å². The lowest BCUT2D eigenvalue weighted by Gasteiger charge is -2.02. The van der Waals surface area contributed by atoms with Crippen LogP contribution in [0.25, 0.3) is 0 Å². The van der Waals surface area contributed by atoms with E-state index >= 15 is 0 Å². The highest BCUT2D eigenvalue weighted by atomic mass is 16.6. The third-order valence-corrected chi connectivity index (χ3v) is 2.03. The molecule has 0 spiro atoms. The van der Waals surface area contributed by atoms with Gasteiger partial charge in [0.05, 0.1) is 10.6 Å². The number of rotatable bonds is 1. The van der Waals surface area contributed by atoms with Gasteiger partial charge in [-0.1, -0.05) is 0 Å². The Morgan fingerprint density at radius 2 is 1.77 bits per heavy atom. The average molecular weight is 182 g/mol. The Kier molecular flexibility index (Phi) is 2.18. The van der Waals surface area contributed by atoms with E-state index in [9.17, 15) is 14.9 Å². The van der Waals surface area contributed by atoms with Gasteiger partial charge in [0.15, 0.2) is 0 Å². The summed E-state index contributed by atoms with van der Waals surface area (Å²) < 4.78 is 0. The average Bonchev–Trinajstić information content (AvgIpc) is 1.99. The van der Waals surface area contributed by atoms with Crippen molar-refractivity contribution in [2.24, 2.45) is 0 Å². The van der Waals surface area contributed by atoms with Crippen molar-refractivity contribution in [3.8, 4) is 0 Å². The largest absolute Gasteiger partial charge is 0.357 e. The summed E-state index contributed by atoms with van der Waals surface area (Å²) in [6, 6.07) is 0. The van der Waals surface area contributed by atoms with Crippen molar-refractivity contribution in [3.05, 3.63) is 37.3 Å². The minimum Gasteiger partial charge on any atom is -0.357 e. The molecule has 0 aliphatic rings. The quantitative estimate of drug-likeness (QED) is 0.523. The number of nitrogens with zero attached hydrogens (tertiary/aromatic N) is 1. The van der Waals surface area contributed by atoms with E-state index in [1.54, 1.807) is 13.8 Å². The molecule has 0 atom stereocenters. The summed E-state index contributed by atoms with van der Waals surface area (Å²) in [5, 5.41) is 10.5. The number of hydrogen-bond acceptors (Lipinski definition) is 3. The Hall–Kier alpha value is -1.65. The predicted octanol–water partition coefficient (Wildman–Crippen LogP) is 1.21. The molecule has 0 amide bonds. The smallest absolute Gasteiger partial charge is 0.335 e. The van der Waals surface area contributed by atoms with Crippen LogP contribution in [0.15, 0.2) is 4.79 Å². The van der Waals surface area contributed by atoms with Crippen molar-refractivity contribution in [3.63, 3.8) is 0 Å². The van der Waals surface area contributed by atoms with Crippen LogP contribution in [0.3, 0.4) is 0 Å². The Morgan fingerprint density at radius 3 is 2.23 bits per heavy atom. The Morgan fingerprint density at radius 1 is 1.23 bits per heavy atom. The molecule has 0 unspecified atom stereocenters. The van der Waals surface area contributed by atoms with Gasteiger partial charge in [-0.05, 0) is 20.8 Å². The number of aromatic nitrogens is 1. The molecule has 1 aromatic rings. The molecule has 1 heterocycles. The number of hydrogen-bond donors (Lipinski definition) is 1. The van der Waals surface area contributed by atoms with Gasteiger partial charge < -0.3 is 4.98 Å². The molecule has 0 bridgehead atoms. The number of aromatic amines is 1. The molecular formula is C8H10N2O3. The highest BCUT2D eigenvalue weighted by molar-refractivity contribution is 5.39. The first-order chi connectivity index (χ1) is 5.95. The molecule has 1 rings (SSSR count). The lowest BCUT2D eigenvalue weighted by atomic mass is 10.2. The Balaban J connectivity index is 3.63. The molecule has 70 valence electrons. The van der Waals surface area contributed by atoms with Crippen LogP contribution in [0.1, 0.15) is 17.0 Å². The molecule has 5 nitrogen and oxygen atoms in total. The summed E-state index contributed by atoms with van der Waals surface area (Å²) in [7, 11) is 0. The second-order valence-corrected chi connectivity index (χ2v) is 2.93. The second-order valence-electron chi connectivity index (χ2n) is 2.93. The molecular weight excluding hydrogens is 172 g/mol. The first-order valence-electron chi connectivity index (χ1n) is 3.79. The number of aryl methyl sites for hydroxylation is 2. The van der Waals surface area contributed by atoms with E-state index in [0.29, 0.717) is 17.0 Å². The van der Waals surface area contributed by atoms with Crippen LogP contribution < -0.4 is 5.43 Å². The van der Waals surface area contributed by atoms with E-state index in [0.717, 1.165) is 0 Å². The minimum absolute atomic E-state index is 0.304. The molecule has 1 N–H and O–H groups in total. The second kappa shape index (κ2) is 3.01. The van der Waals surface area contributed by atoms with E-state index in [4.69, 9.17) is 0 Å². The first-order valence-corrected chi connectivity index (χ1v) is 3.79. The van der Waals surface area contributed by atoms with E-state index in [1.165, 1.54) is 6.92 Å². The first kappa shape index (κ1) is 9.44. The van der Waals surface area contributed by atoms with Gasteiger partial charge >= 0.3 is 5.69 Å². The van der Waals surface area contributed by atoms with Crippen molar-refractivity contribution < 1.29 is 4.92 Å². The highest BCUT2D eigenvalue weighted by Gasteiger charge is 2.18. The Bertz CT molecular complexity index is 420. The maximum absolute atomic E-state index is 11.4. The van der Waals surface area contributed by atoms with Gasteiger partial charge in [-0.3, -0.25) is 14.9 Å². The van der Waals surface area contributed by atoms with Crippen molar-refractivity contribution in [2.75, 3.05) is 0 Å². The molecule has 0 radical (unpaired) electrons. The third kappa shape index (κ3) is 1.44. The zero-order chi connectivity index (χ0) is 10.2. The molecule has 0 aliphatic carbocycles. The number of nitrogens with one attached hydrogen (secondary N) is 1. The van der Waals surface area contributed by atoms with Crippen LogP contribution in [-0.4, -0.2) is 9.91 Å².